The van der Waals surface area contributed by atoms with Crippen molar-refractivity contribution < 1.29 is 70.2 Å². The zero-order valence-corrected chi connectivity index (χ0v) is 21.1. The summed E-state index contributed by atoms with van der Waals surface area (Å²) >= 11 is 0. The first-order chi connectivity index (χ1) is 19.4. The first-order valence-corrected chi connectivity index (χ1v) is 12.2. The lowest BCUT2D eigenvalue weighted by molar-refractivity contribution is -0.135. The van der Waals surface area contributed by atoms with Gasteiger partial charge in [-0.3, -0.25) is 4.39 Å². The first kappa shape index (κ1) is 35.3. The number of nitrogens with zero attached hydrogens (tertiary/aromatic N) is 1. The second-order valence-corrected chi connectivity index (χ2v) is 9.10. The Morgan fingerprint density at radius 1 is 0.524 bits per heavy atom. The highest BCUT2D eigenvalue weighted by molar-refractivity contribution is 5.81. The zero-order chi connectivity index (χ0) is 32.2. The van der Waals surface area contributed by atoms with Gasteiger partial charge in [0.1, 0.15) is 0 Å². The molecule has 2 aromatic rings. The fraction of sp³-hybridized carbons (Fsp3) is 0.520. The fourth-order valence-corrected chi connectivity index (χ4v) is 4.05. The van der Waals surface area contributed by atoms with Gasteiger partial charge in [0.15, 0.2) is 52.7 Å². The molecule has 2 aromatic carbocycles. The largest absolute Gasteiger partial charge is 0.389 e. The highest BCUT2D eigenvalue weighted by atomic mass is 19.4. The van der Waals surface area contributed by atoms with Crippen molar-refractivity contribution in [3.05, 3.63) is 52.4 Å². The Bertz CT molecular complexity index is 1210. The summed E-state index contributed by atoms with van der Waals surface area (Å²) in [5.74, 6) is -25.8. The minimum Gasteiger partial charge on any atom is -0.307 e. The topological polar surface area (TPSA) is 3.24 Å². The van der Waals surface area contributed by atoms with E-state index in [1.165, 1.54) is 0 Å². The van der Waals surface area contributed by atoms with Crippen LogP contribution in [0.5, 0.6) is 0 Å². The number of benzene rings is 2. The van der Waals surface area contributed by atoms with Gasteiger partial charge in [-0.2, -0.15) is 22.0 Å². The molecule has 1 atom stereocenters. The van der Waals surface area contributed by atoms with Gasteiger partial charge in [0.25, 0.3) is 0 Å². The van der Waals surface area contributed by atoms with Gasteiger partial charge in [0.2, 0.25) is 5.82 Å². The van der Waals surface area contributed by atoms with E-state index >= 15 is 13.2 Å². The average molecular weight is 639 g/mol. The van der Waals surface area contributed by atoms with Crippen LogP contribution in [0.1, 0.15) is 51.4 Å². The quantitative estimate of drug-likeness (QED) is 0.0654. The summed E-state index contributed by atoms with van der Waals surface area (Å²) in [7, 11) is 0. The second-order valence-electron chi connectivity index (χ2n) is 9.10. The maximum Gasteiger partial charge on any atom is 0.389 e. The van der Waals surface area contributed by atoms with E-state index in [0.717, 1.165) is 0 Å². The van der Waals surface area contributed by atoms with Gasteiger partial charge in [-0.05, 0) is 25.7 Å². The number of hydrogen-bond donors (Lipinski definition) is 0. The maximum atomic E-state index is 15.4. The Balaban J connectivity index is 2.67. The molecule has 0 aromatic heterocycles. The van der Waals surface area contributed by atoms with Crippen molar-refractivity contribution in [2.24, 2.45) is 0 Å². The molecular formula is C25H21F16N. The Morgan fingerprint density at radius 3 is 1.48 bits per heavy atom. The van der Waals surface area contributed by atoms with Gasteiger partial charge < -0.3 is 4.90 Å². The average Bonchev–Trinajstić information content (AvgIpc) is 2.92. The third-order valence-corrected chi connectivity index (χ3v) is 6.14. The van der Waals surface area contributed by atoms with Gasteiger partial charge >= 0.3 is 12.2 Å². The summed E-state index contributed by atoms with van der Waals surface area (Å²) in [5.41, 5.74) is -7.21. The van der Waals surface area contributed by atoms with E-state index in [4.69, 9.17) is 0 Å². The molecule has 2 rings (SSSR count). The molecule has 0 aliphatic rings. The van der Waals surface area contributed by atoms with Crippen LogP contribution in [0, 0.1) is 52.4 Å². The molecule has 0 bridgehead atoms. The molecule has 0 spiro atoms. The summed E-state index contributed by atoms with van der Waals surface area (Å²) in [6.45, 7) is -2.66. The van der Waals surface area contributed by atoms with Gasteiger partial charge in [-0.25, -0.2) is 43.9 Å². The highest BCUT2D eigenvalue weighted by Gasteiger charge is 2.49. The predicted molar refractivity (Wildman–Crippen MR) is 118 cm³/mol. The number of unbranched alkanes of at least 4 members (excludes halogenated alkanes) is 4. The molecule has 0 fully saturated rings. The van der Waals surface area contributed by atoms with Gasteiger partial charge in [-0.1, -0.05) is 19.3 Å². The van der Waals surface area contributed by atoms with Crippen LogP contribution in [0.3, 0.4) is 0 Å². The molecule has 0 N–H and O–H groups in total. The van der Waals surface area contributed by atoms with E-state index < -0.39 is 144 Å². The summed E-state index contributed by atoms with van der Waals surface area (Å²) in [6, 6.07) is -5.11. The van der Waals surface area contributed by atoms with Crippen LogP contribution in [-0.4, -0.2) is 31.6 Å². The lowest BCUT2D eigenvalue weighted by atomic mass is 9.97. The van der Waals surface area contributed by atoms with Gasteiger partial charge in [0, 0.05) is 13.0 Å². The second kappa shape index (κ2) is 14.1. The van der Waals surface area contributed by atoms with Gasteiger partial charge in [0.05, 0.1) is 23.5 Å². The van der Waals surface area contributed by atoms with Crippen LogP contribution >= 0.6 is 0 Å². The summed E-state index contributed by atoms with van der Waals surface area (Å²) < 4.78 is 224. The Labute approximate surface area is 228 Å². The van der Waals surface area contributed by atoms with Gasteiger partial charge in [-0.15, -0.1) is 0 Å². The highest BCUT2D eigenvalue weighted by Crippen LogP contribution is 2.46. The van der Waals surface area contributed by atoms with Crippen LogP contribution < -0.4 is 4.90 Å². The third kappa shape index (κ3) is 7.54. The molecule has 1 unspecified atom stereocenters. The molecule has 0 radical (unpaired) electrons. The summed E-state index contributed by atoms with van der Waals surface area (Å²) in [5, 5.41) is 0. The molecular weight excluding hydrogens is 618 g/mol. The Morgan fingerprint density at radius 2 is 0.976 bits per heavy atom. The molecule has 0 saturated heterocycles. The summed E-state index contributed by atoms with van der Waals surface area (Å²) in [4.78, 5) is -0.842. The van der Waals surface area contributed by atoms with E-state index in [0.29, 0.717) is 0 Å². The van der Waals surface area contributed by atoms with Crippen molar-refractivity contribution in [2.45, 2.75) is 69.8 Å². The number of halogens is 16. The molecule has 17 heteroatoms. The molecule has 1 nitrogen and oxygen atoms in total. The van der Waals surface area contributed by atoms with Crippen molar-refractivity contribution in [2.75, 3.05) is 18.1 Å². The fourth-order valence-electron chi connectivity index (χ4n) is 4.05. The smallest absolute Gasteiger partial charge is 0.307 e. The molecule has 0 aliphatic carbocycles. The van der Waals surface area contributed by atoms with E-state index in [1.54, 1.807) is 0 Å². The van der Waals surface area contributed by atoms with Crippen LogP contribution in [0.15, 0.2) is 0 Å². The van der Waals surface area contributed by atoms with E-state index in [1.807, 2.05) is 0 Å². The molecule has 42 heavy (non-hydrogen) atoms. The molecule has 0 aliphatic heterocycles. The van der Waals surface area contributed by atoms with Crippen LogP contribution in [-0.2, 0) is 0 Å². The maximum absolute atomic E-state index is 15.4. The lowest BCUT2D eigenvalue weighted by Gasteiger charge is -2.37. The molecule has 238 valence electrons. The minimum absolute atomic E-state index is 0.189. The summed E-state index contributed by atoms with van der Waals surface area (Å²) in [6.07, 6.45) is -13.1. The number of hydrogen-bond acceptors (Lipinski definition) is 1. The number of rotatable bonds is 14. The van der Waals surface area contributed by atoms with E-state index in [9.17, 15) is 57.1 Å². The van der Waals surface area contributed by atoms with Crippen LogP contribution in [0.2, 0.25) is 0 Å². The predicted octanol–water partition coefficient (Wildman–Crippen LogP) is 10.00. The van der Waals surface area contributed by atoms with Crippen LogP contribution in [0.4, 0.5) is 75.9 Å². The molecule has 0 saturated carbocycles. The Hall–Kier alpha value is -2.88. The lowest BCUT2D eigenvalue weighted by Crippen LogP contribution is -2.50. The van der Waals surface area contributed by atoms with E-state index in [2.05, 4.69) is 0 Å². The third-order valence-electron chi connectivity index (χ3n) is 6.14. The van der Waals surface area contributed by atoms with E-state index in [-0.39, 0.29) is 12.8 Å². The van der Waals surface area contributed by atoms with Crippen molar-refractivity contribution >= 4 is 5.69 Å². The van der Waals surface area contributed by atoms with Crippen molar-refractivity contribution in [1.82, 2.24) is 0 Å². The number of anilines is 1. The standard InChI is InChI=1S/C25H21F16N/c26-9-5-6-10-42(25(40,41)11(27)7-3-1-2-4-8-24(37,38)39)23-13(16(30)19(33)21(35)22(23)36)12-14(28)17(31)20(34)18(32)15(12)29/h11H,1-10H2. The van der Waals surface area contributed by atoms with Crippen LogP contribution in [0.25, 0.3) is 11.1 Å². The van der Waals surface area contributed by atoms with Crippen molar-refractivity contribution in [3.63, 3.8) is 0 Å². The van der Waals surface area contributed by atoms with Crippen molar-refractivity contribution in [3.8, 4) is 11.1 Å². The minimum atomic E-state index is -5.11. The molecule has 0 amide bonds. The first-order valence-electron chi connectivity index (χ1n) is 12.2. The monoisotopic (exact) mass is 639 g/mol. The Kier molecular flexibility index (Phi) is 11.8. The zero-order valence-electron chi connectivity index (χ0n) is 21.1. The van der Waals surface area contributed by atoms with Crippen molar-refractivity contribution in [1.29, 1.82) is 0 Å². The molecule has 0 heterocycles. The normalized spacial score (nSPS) is 13.1. The SMILES string of the molecule is FCCCCN(c1c(F)c(F)c(F)c(F)c1-c1c(F)c(F)c(F)c(F)c1F)C(F)(F)C(F)CCCCCCC(F)(F)F. The number of alkyl halides is 7.